The van der Waals surface area contributed by atoms with Crippen LogP contribution in [0.1, 0.15) is 74.3 Å². The summed E-state index contributed by atoms with van der Waals surface area (Å²) in [6, 6.07) is 2.33. The van der Waals surface area contributed by atoms with Crippen molar-refractivity contribution >= 4 is 22.2 Å². The summed E-state index contributed by atoms with van der Waals surface area (Å²) in [6.45, 7) is 2.24. The molecule has 0 spiro atoms. The second-order valence-electron chi connectivity index (χ2n) is 7.07. The number of nitriles is 1. The van der Waals surface area contributed by atoms with Crippen LogP contribution in [0, 0.1) is 23.2 Å². The molecule has 1 heterocycles. The highest BCUT2D eigenvalue weighted by Gasteiger charge is 2.26. The average Bonchev–Trinajstić information content (AvgIpc) is 3.19. The van der Waals surface area contributed by atoms with Gasteiger partial charge in [0.05, 0.1) is 5.56 Å². The Morgan fingerprint density at radius 3 is 2.78 bits per heavy atom. The van der Waals surface area contributed by atoms with Crippen molar-refractivity contribution in [1.29, 1.82) is 5.26 Å². The highest BCUT2D eigenvalue weighted by molar-refractivity contribution is 7.16. The van der Waals surface area contributed by atoms with Crippen LogP contribution in [0.4, 0.5) is 5.00 Å². The molecule has 1 aromatic heterocycles. The fourth-order valence-electron chi connectivity index (χ4n) is 4.03. The number of fused-ring (bicyclic) bond motifs is 1. The Morgan fingerprint density at radius 1 is 1.30 bits per heavy atom. The molecule has 1 fully saturated rings. The molecule has 1 N–H and O–H groups in total. The standard InChI is InChI=1S/C19H26N2OS/c1-2-13-7-9-15-16(12-20)19(23-17(15)11-13)21-18(22)10-8-14-5-3-4-6-14/h13-14H,2-11H2,1H3,(H,21,22). The average molecular weight is 330 g/mol. The normalized spacial score (nSPS) is 21.0. The summed E-state index contributed by atoms with van der Waals surface area (Å²) in [6.07, 6.45) is 11.2. The summed E-state index contributed by atoms with van der Waals surface area (Å²) in [7, 11) is 0. The minimum Gasteiger partial charge on any atom is -0.317 e. The number of nitrogens with one attached hydrogen (secondary N) is 1. The van der Waals surface area contributed by atoms with Gasteiger partial charge in [-0.05, 0) is 43.1 Å². The molecule has 1 saturated carbocycles. The van der Waals surface area contributed by atoms with Gasteiger partial charge in [-0.3, -0.25) is 4.79 Å². The summed E-state index contributed by atoms with van der Waals surface area (Å²) < 4.78 is 0. The quantitative estimate of drug-likeness (QED) is 0.822. The molecule has 0 bridgehead atoms. The van der Waals surface area contributed by atoms with Crippen LogP contribution in [0.3, 0.4) is 0 Å². The highest BCUT2D eigenvalue weighted by Crippen LogP contribution is 2.40. The topological polar surface area (TPSA) is 52.9 Å². The first-order valence-corrected chi connectivity index (χ1v) is 9.87. The Kier molecular flexibility index (Phi) is 5.38. The fourth-order valence-corrected chi connectivity index (χ4v) is 5.36. The molecule has 0 aromatic carbocycles. The number of carbonyl (C=O) groups excluding carboxylic acids is 1. The number of hydrogen-bond acceptors (Lipinski definition) is 3. The van der Waals surface area contributed by atoms with Gasteiger partial charge in [-0.25, -0.2) is 0 Å². The van der Waals surface area contributed by atoms with Gasteiger partial charge in [0.15, 0.2) is 0 Å². The number of hydrogen-bond donors (Lipinski definition) is 1. The molecule has 124 valence electrons. The minimum atomic E-state index is 0.0824. The van der Waals surface area contributed by atoms with E-state index < -0.39 is 0 Å². The Balaban J connectivity index is 1.64. The predicted octanol–water partition coefficient (Wildman–Crippen LogP) is 5.04. The van der Waals surface area contributed by atoms with Crippen LogP contribution in [-0.4, -0.2) is 5.91 Å². The Hall–Kier alpha value is -1.34. The SMILES string of the molecule is CCC1CCc2c(sc(NC(=O)CCC3CCCC3)c2C#N)C1. The maximum absolute atomic E-state index is 12.3. The maximum Gasteiger partial charge on any atom is 0.225 e. The molecule has 0 radical (unpaired) electrons. The molecule has 1 atom stereocenters. The third-order valence-corrected chi connectivity index (χ3v) is 6.73. The molecule has 0 aliphatic heterocycles. The summed E-state index contributed by atoms with van der Waals surface area (Å²) in [5, 5.41) is 13.3. The third-order valence-electron chi connectivity index (χ3n) is 5.56. The lowest BCUT2D eigenvalue weighted by molar-refractivity contribution is -0.116. The van der Waals surface area contributed by atoms with E-state index in [1.807, 2.05) is 0 Å². The summed E-state index contributed by atoms with van der Waals surface area (Å²) in [5.74, 6) is 1.55. The van der Waals surface area contributed by atoms with Crippen molar-refractivity contribution in [2.24, 2.45) is 11.8 Å². The van der Waals surface area contributed by atoms with Crippen molar-refractivity contribution in [2.75, 3.05) is 5.32 Å². The van der Waals surface area contributed by atoms with E-state index in [0.29, 0.717) is 6.42 Å². The van der Waals surface area contributed by atoms with Gasteiger partial charge < -0.3 is 5.32 Å². The van der Waals surface area contributed by atoms with Crippen molar-refractivity contribution in [1.82, 2.24) is 0 Å². The van der Waals surface area contributed by atoms with Gasteiger partial charge >= 0.3 is 0 Å². The van der Waals surface area contributed by atoms with E-state index in [4.69, 9.17) is 0 Å². The number of anilines is 1. The number of amides is 1. The number of rotatable bonds is 5. The first-order chi connectivity index (χ1) is 11.2. The van der Waals surface area contributed by atoms with E-state index in [0.717, 1.165) is 41.7 Å². The zero-order valence-corrected chi connectivity index (χ0v) is 14.8. The van der Waals surface area contributed by atoms with E-state index in [2.05, 4.69) is 18.3 Å². The van der Waals surface area contributed by atoms with E-state index in [9.17, 15) is 10.1 Å². The van der Waals surface area contributed by atoms with E-state index >= 15 is 0 Å². The van der Waals surface area contributed by atoms with Gasteiger partial charge in [0.1, 0.15) is 11.1 Å². The lowest BCUT2D eigenvalue weighted by atomic mass is 9.86. The van der Waals surface area contributed by atoms with Crippen molar-refractivity contribution in [3.8, 4) is 6.07 Å². The largest absolute Gasteiger partial charge is 0.317 e. The van der Waals surface area contributed by atoms with Crippen LogP contribution in [0.25, 0.3) is 0 Å². The fraction of sp³-hybridized carbons (Fsp3) is 0.684. The zero-order chi connectivity index (χ0) is 16.2. The molecule has 0 saturated heterocycles. The Bertz CT molecular complexity index is 608. The van der Waals surface area contributed by atoms with Gasteiger partial charge in [-0.2, -0.15) is 5.26 Å². The van der Waals surface area contributed by atoms with Crippen molar-refractivity contribution in [2.45, 2.75) is 71.1 Å². The maximum atomic E-state index is 12.3. The van der Waals surface area contributed by atoms with Gasteiger partial charge in [-0.15, -0.1) is 11.3 Å². The molecule has 3 nitrogen and oxygen atoms in total. The molecule has 4 heteroatoms. The second-order valence-corrected chi connectivity index (χ2v) is 8.18. The van der Waals surface area contributed by atoms with Crippen LogP contribution in [0.5, 0.6) is 0 Å². The van der Waals surface area contributed by atoms with Crippen LogP contribution in [0.15, 0.2) is 0 Å². The van der Waals surface area contributed by atoms with E-state index in [1.165, 1.54) is 49.0 Å². The smallest absolute Gasteiger partial charge is 0.225 e. The van der Waals surface area contributed by atoms with Crippen LogP contribution < -0.4 is 5.32 Å². The molecule has 1 amide bonds. The molecule has 3 rings (SSSR count). The van der Waals surface area contributed by atoms with Gasteiger partial charge in [-0.1, -0.05) is 39.0 Å². The molecule has 23 heavy (non-hydrogen) atoms. The summed E-state index contributed by atoms with van der Waals surface area (Å²) in [5.41, 5.74) is 1.93. The number of thiophene rings is 1. The van der Waals surface area contributed by atoms with Crippen LogP contribution in [-0.2, 0) is 17.6 Å². The third kappa shape index (κ3) is 3.77. The number of carbonyl (C=O) groups is 1. The molecule has 1 aromatic rings. The van der Waals surface area contributed by atoms with Gasteiger partial charge in [0.2, 0.25) is 5.91 Å². The van der Waals surface area contributed by atoms with Gasteiger partial charge in [0, 0.05) is 11.3 Å². The van der Waals surface area contributed by atoms with E-state index in [1.54, 1.807) is 11.3 Å². The minimum absolute atomic E-state index is 0.0824. The second kappa shape index (κ2) is 7.49. The predicted molar refractivity (Wildman–Crippen MR) is 94.7 cm³/mol. The molecular weight excluding hydrogens is 304 g/mol. The van der Waals surface area contributed by atoms with Crippen molar-refractivity contribution in [3.63, 3.8) is 0 Å². The molecule has 2 aliphatic rings. The van der Waals surface area contributed by atoms with Gasteiger partial charge in [0.25, 0.3) is 0 Å². The molecular formula is C19H26N2OS. The van der Waals surface area contributed by atoms with E-state index in [-0.39, 0.29) is 5.91 Å². The van der Waals surface area contributed by atoms with Crippen molar-refractivity contribution in [3.05, 3.63) is 16.0 Å². The number of nitrogens with zero attached hydrogens (tertiary/aromatic N) is 1. The lowest BCUT2D eigenvalue weighted by Crippen LogP contribution is -2.13. The summed E-state index contributed by atoms with van der Waals surface area (Å²) in [4.78, 5) is 13.6. The first kappa shape index (κ1) is 16.5. The molecule has 1 unspecified atom stereocenters. The Morgan fingerprint density at radius 2 is 2.09 bits per heavy atom. The zero-order valence-electron chi connectivity index (χ0n) is 14.0. The van der Waals surface area contributed by atoms with Crippen LogP contribution >= 0.6 is 11.3 Å². The first-order valence-electron chi connectivity index (χ1n) is 9.05. The monoisotopic (exact) mass is 330 g/mol. The Labute approximate surface area is 143 Å². The summed E-state index contributed by atoms with van der Waals surface area (Å²) >= 11 is 1.64. The van der Waals surface area contributed by atoms with Crippen LogP contribution in [0.2, 0.25) is 0 Å². The van der Waals surface area contributed by atoms with Crippen molar-refractivity contribution < 1.29 is 4.79 Å². The highest BCUT2D eigenvalue weighted by atomic mass is 32.1. The lowest BCUT2D eigenvalue weighted by Gasteiger charge is -2.20. The molecule has 2 aliphatic carbocycles.